The van der Waals surface area contributed by atoms with Crippen molar-refractivity contribution in [1.82, 2.24) is 9.62 Å². The van der Waals surface area contributed by atoms with Gasteiger partial charge in [0, 0.05) is 19.6 Å². The van der Waals surface area contributed by atoms with E-state index in [0.717, 1.165) is 13.0 Å². The van der Waals surface area contributed by atoms with Crippen LogP contribution in [0.5, 0.6) is 0 Å². The van der Waals surface area contributed by atoms with E-state index >= 15 is 0 Å². The van der Waals surface area contributed by atoms with Gasteiger partial charge in [-0.05, 0) is 37.6 Å². The number of likely N-dealkylation sites (N-methyl/N-ethyl adjacent to an activating group) is 1. The Labute approximate surface area is 113 Å². The van der Waals surface area contributed by atoms with Crippen LogP contribution in [0.25, 0.3) is 0 Å². The first-order valence-electron chi connectivity index (χ1n) is 6.16. The molecule has 0 aliphatic carbocycles. The van der Waals surface area contributed by atoms with E-state index in [-0.39, 0.29) is 10.9 Å². The van der Waals surface area contributed by atoms with Crippen molar-refractivity contribution in [3.05, 3.63) is 29.3 Å². The zero-order valence-electron chi connectivity index (χ0n) is 11.0. The van der Waals surface area contributed by atoms with Crippen LogP contribution in [0, 0.1) is 18.3 Å². The molecule has 102 valence electrons. The van der Waals surface area contributed by atoms with Crippen LogP contribution in [0.4, 0.5) is 0 Å². The maximum atomic E-state index is 12.6. The Kier molecular flexibility index (Phi) is 3.90. The van der Waals surface area contributed by atoms with Crippen molar-refractivity contribution in [2.75, 3.05) is 20.1 Å². The molecule has 1 heterocycles. The summed E-state index contributed by atoms with van der Waals surface area (Å²) in [5.74, 6) is 0. The third-order valence-corrected chi connectivity index (χ3v) is 5.57. The molecular weight excluding hydrogens is 262 g/mol. The molecule has 1 aliphatic rings. The summed E-state index contributed by atoms with van der Waals surface area (Å²) in [7, 11) is -1.94. The van der Waals surface area contributed by atoms with Gasteiger partial charge in [0.2, 0.25) is 10.0 Å². The Morgan fingerprint density at radius 3 is 2.79 bits per heavy atom. The van der Waals surface area contributed by atoms with E-state index in [0.29, 0.717) is 17.7 Å². The molecular formula is C13H17N3O2S. The number of benzene rings is 1. The Morgan fingerprint density at radius 2 is 2.21 bits per heavy atom. The minimum Gasteiger partial charge on any atom is -0.315 e. The number of aryl methyl sites for hydroxylation is 1. The van der Waals surface area contributed by atoms with Crippen LogP contribution < -0.4 is 5.32 Å². The third kappa shape index (κ3) is 2.63. The standard InChI is InChI=1S/C13H17N3O2S/c1-10-3-4-11(8-14)7-13(10)19(17,18)16(2)12-5-6-15-9-12/h3-4,7,12,15H,5-6,9H2,1-2H3/t12-/m1/s1. The molecule has 0 amide bonds. The molecule has 19 heavy (non-hydrogen) atoms. The molecule has 6 heteroatoms. The van der Waals surface area contributed by atoms with Crippen molar-refractivity contribution < 1.29 is 8.42 Å². The second kappa shape index (κ2) is 5.29. The van der Waals surface area contributed by atoms with Crippen molar-refractivity contribution in [1.29, 1.82) is 5.26 Å². The molecule has 0 bridgehead atoms. The van der Waals surface area contributed by atoms with Crippen molar-refractivity contribution >= 4 is 10.0 Å². The van der Waals surface area contributed by atoms with E-state index < -0.39 is 10.0 Å². The van der Waals surface area contributed by atoms with Crippen molar-refractivity contribution in [2.45, 2.75) is 24.3 Å². The summed E-state index contributed by atoms with van der Waals surface area (Å²) < 4.78 is 26.6. The van der Waals surface area contributed by atoms with E-state index in [4.69, 9.17) is 5.26 Å². The molecule has 1 aromatic rings. The lowest BCUT2D eigenvalue weighted by Gasteiger charge is -2.24. The van der Waals surface area contributed by atoms with Gasteiger partial charge in [0.1, 0.15) is 0 Å². The normalized spacial score (nSPS) is 19.6. The van der Waals surface area contributed by atoms with Crippen LogP contribution in [-0.4, -0.2) is 38.9 Å². The van der Waals surface area contributed by atoms with E-state index in [9.17, 15) is 8.42 Å². The quantitative estimate of drug-likeness (QED) is 0.890. The molecule has 1 N–H and O–H groups in total. The zero-order chi connectivity index (χ0) is 14.0. The summed E-state index contributed by atoms with van der Waals surface area (Å²) in [6, 6.07) is 6.71. The van der Waals surface area contributed by atoms with Gasteiger partial charge in [0.25, 0.3) is 0 Å². The molecule has 1 fully saturated rings. The lowest BCUT2D eigenvalue weighted by Crippen LogP contribution is -2.38. The van der Waals surface area contributed by atoms with Crippen LogP contribution in [-0.2, 0) is 10.0 Å². The van der Waals surface area contributed by atoms with Crippen LogP contribution in [0.2, 0.25) is 0 Å². The maximum Gasteiger partial charge on any atom is 0.243 e. The monoisotopic (exact) mass is 279 g/mol. The highest BCUT2D eigenvalue weighted by atomic mass is 32.2. The highest BCUT2D eigenvalue weighted by Crippen LogP contribution is 2.23. The lowest BCUT2D eigenvalue weighted by molar-refractivity contribution is 0.387. The summed E-state index contributed by atoms with van der Waals surface area (Å²) in [6.07, 6.45) is 0.812. The summed E-state index contributed by atoms with van der Waals surface area (Å²) in [5, 5.41) is 12.1. The van der Waals surface area contributed by atoms with Gasteiger partial charge in [-0.1, -0.05) is 6.07 Å². The van der Waals surface area contributed by atoms with E-state index in [1.54, 1.807) is 26.1 Å². The second-order valence-corrected chi connectivity index (χ2v) is 6.73. The van der Waals surface area contributed by atoms with Crippen molar-refractivity contribution in [3.63, 3.8) is 0 Å². The highest BCUT2D eigenvalue weighted by Gasteiger charge is 2.31. The fourth-order valence-corrected chi connectivity index (χ4v) is 3.88. The number of hydrogen-bond donors (Lipinski definition) is 1. The average molecular weight is 279 g/mol. The first-order valence-corrected chi connectivity index (χ1v) is 7.60. The molecule has 0 radical (unpaired) electrons. The molecule has 0 aromatic heterocycles. The Morgan fingerprint density at radius 1 is 1.47 bits per heavy atom. The Bertz CT molecular complexity index is 613. The topological polar surface area (TPSA) is 73.2 Å². The summed E-state index contributed by atoms with van der Waals surface area (Å²) in [4.78, 5) is 0.223. The van der Waals surface area contributed by atoms with Crippen LogP contribution in [0.1, 0.15) is 17.5 Å². The van der Waals surface area contributed by atoms with Gasteiger partial charge >= 0.3 is 0 Å². The van der Waals surface area contributed by atoms with Gasteiger partial charge in [-0.3, -0.25) is 0 Å². The van der Waals surface area contributed by atoms with Crippen LogP contribution in [0.15, 0.2) is 23.1 Å². The number of rotatable bonds is 3. The number of sulfonamides is 1. The summed E-state index contributed by atoms with van der Waals surface area (Å²) in [6.45, 7) is 3.25. The largest absolute Gasteiger partial charge is 0.315 e. The predicted octanol–water partition coefficient (Wildman–Crippen LogP) is 0.849. The summed E-state index contributed by atoms with van der Waals surface area (Å²) in [5.41, 5.74) is 1.03. The lowest BCUT2D eigenvalue weighted by atomic mass is 10.2. The van der Waals surface area contributed by atoms with Crippen molar-refractivity contribution in [2.24, 2.45) is 0 Å². The molecule has 1 saturated heterocycles. The van der Waals surface area contributed by atoms with Crippen molar-refractivity contribution in [3.8, 4) is 6.07 Å². The molecule has 2 rings (SSSR count). The predicted molar refractivity (Wildman–Crippen MR) is 72.1 cm³/mol. The smallest absolute Gasteiger partial charge is 0.243 e. The zero-order valence-corrected chi connectivity index (χ0v) is 11.9. The van der Waals surface area contributed by atoms with Gasteiger partial charge in [0.15, 0.2) is 0 Å². The first-order chi connectivity index (χ1) is 8.96. The number of hydrogen-bond acceptors (Lipinski definition) is 4. The molecule has 0 saturated carbocycles. The fourth-order valence-electron chi connectivity index (χ4n) is 2.25. The van der Waals surface area contributed by atoms with Gasteiger partial charge < -0.3 is 5.32 Å². The number of nitrogens with zero attached hydrogens (tertiary/aromatic N) is 2. The highest BCUT2D eigenvalue weighted by molar-refractivity contribution is 7.89. The van der Waals surface area contributed by atoms with Crippen LogP contribution in [0.3, 0.4) is 0 Å². The van der Waals surface area contributed by atoms with E-state index in [1.807, 2.05) is 6.07 Å². The number of nitriles is 1. The SMILES string of the molecule is Cc1ccc(C#N)cc1S(=O)(=O)N(C)[C@@H]1CCNC1. The van der Waals surface area contributed by atoms with E-state index in [1.165, 1.54) is 10.4 Å². The summed E-state index contributed by atoms with van der Waals surface area (Å²) >= 11 is 0. The maximum absolute atomic E-state index is 12.6. The van der Waals surface area contributed by atoms with Gasteiger partial charge in [-0.25, -0.2) is 8.42 Å². The fraction of sp³-hybridized carbons (Fsp3) is 0.462. The second-order valence-electron chi connectivity index (χ2n) is 4.76. The Hall–Kier alpha value is -1.42. The van der Waals surface area contributed by atoms with Gasteiger partial charge in [-0.2, -0.15) is 9.57 Å². The molecule has 1 atom stereocenters. The average Bonchev–Trinajstić information content (AvgIpc) is 2.92. The number of nitrogens with one attached hydrogen (secondary N) is 1. The molecule has 1 aromatic carbocycles. The minimum atomic E-state index is -3.54. The van der Waals surface area contributed by atoms with Gasteiger partial charge in [0.05, 0.1) is 16.5 Å². The van der Waals surface area contributed by atoms with Gasteiger partial charge in [-0.15, -0.1) is 0 Å². The molecule has 5 nitrogen and oxygen atoms in total. The molecule has 0 spiro atoms. The van der Waals surface area contributed by atoms with E-state index in [2.05, 4.69) is 5.32 Å². The molecule has 1 aliphatic heterocycles. The molecule has 0 unspecified atom stereocenters. The minimum absolute atomic E-state index is 0.0184. The van der Waals surface area contributed by atoms with Crippen LogP contribution >= 0.6 is 0 Å². The first kappa shape index (κ1) is 14.0. The Balaban J connectivity index is 2.41. The third-order valence-electron chi connectivity index (χ3n) is 3.52.